The van der Waals surface area contributed by atoms with Gasteiger partial charge in [-0.2, -0.15) is 0 Å². The maximum atomic E-state index is 9.48. The van der Waals surface area contributed by atoms with E-state index in [1.54, 1.807) is 32.9 Å². The van der Waals surface area contributed by atoms with Crippen LogP contribution < -0.4 is 0 Å². The first-order valence-corrected chi connectivity index (χ1v) is 4.48. The van der Waals surface area contributed by atoms with Crippen molar-refractivity contribution < 1.29 is 9.84 Å². The van der Waals surface area contributed by atoms with Crippen LogP contribution in [0.4, 0.5) is 0 Å². The molecule has 0 aromatic carbocycles. The van der Waals surface area contributed by atoms with Gasteiger partial charge in [-0.05, 0) is 26.8 Å². The van der Waals surface area contributed by atoms with Crippen molar-refractivity contribution in [3.05, 3.63) is 35.6 Å². The Morgan fingerprint density at radius 3 is 2.57 bits per heavy atom. The average molecular weight is 195 g/mol. The molecule has 0 aliphatic rings. The minimum Gasteiger partial charge on any atom is -0.508 e. The highest BCUT2D eigenvalue weighted by Crippen LogP contribution is 2.13. The van der Waals surface area contributed by atoms with Gasteiger partial charge in [0, 0.05) is 11.1 Å². The maximum Gasteiger partial charge on any atom is 0.212 e. The van der Waals surface area contributed by atoms with Crippen molar-refractivity contribution in [3.8, 4) is 0 Å². The van der Waals surface area contributed by atoms with Crippen LogP contribution in [0.15, 0.2) is 35.6 Å². The van der Waals surface area contributed by atoms with Gasteiger partial charge in [0.25, 0.3) is 0 Å². The second-order valence-electron chi connectivity index (χ2n) is 2.75. The zero-order chi connectivity index (χ0) is 11.1. The average Bonchev–Trinajstić information content (AvgIpc) is 2.16. The third kappa shape index (κ3) is 3.47. The molecule has 0 bridgehead atoms. The Bertz CT molecular complexity index is 288. The summed E-state index contributed by atoms with van der Waals surface area (Å²) < 4.78 is 4.97. The van der Waals surface area contributed by atoms with E-state index in [1.165, 1.54) is 0 Å². The Balaban J connectivity index is 4.69. The fourth-order valence-electron chi connectivity index (χ4n) is 0.839. The SMILES string of the molecule is C=C(C(=N)OCC)/C(C)=C(O)\C=C/C. The Morgan fingerprint density at radius 2 is 2.14 bits per heavy atom. The van der Waals surface area contributed by atoms with Gasteiger partial charge in [0.15, 0.2) is 0 Å². The molecule has 0 aliphatic heterocycles. The van der Waals surface area contributed by atoms with Crippen molar-refractivity contribution in [2.24, 2.45) is 0 Å². The third-order valence-corrected chi connectivity index (χ3v) is 1.72. The Labute approximate surface area is 84.9 Å². The summed E-state index contributed by atoms with van der Waals surface area (Å²) in [6, 6.07) is 0. The lowest BCUT2D eigenvalue weighted by atomic mass is 10.1. The molecule has 3 nitrogen and oxygen atoms in total. The van der Waals surface area contributed by atoms with Gasteiger partial charge in [-0.1, -0.05) is 12.7 Å². The van der Waals surface area contributed by atoms with E-state index in [0.29, 0.717) is 17.8 Å². The minimum atomic E-state index is 0.000975. The van der Waals surface area contributed by atoms with Gasteiger partial charge in [0.05, 0.1) is 6.61 Å². The number of hydrogen-bond donors (Lipinski definition) is 2. The summed E-state index contributed by atoms with van der Waals surface area (Å²) in [6.07, 6.45) is 3.27. The highest BCUT2D eigenvalue weighted by Gasteiger charge is 2.08. The molecule has 0 heterocycles. The second kappa shape index (κ2) is 6.02. The minimum absolute atomic E-state index is 0.000975. The lowest BCUT2D eigenvalue weighted by molar-refractivity contribution is 0.325. The molecule has 2 N–H and O–H groups in total. The summed E-state index contributed by atoms with van der Waals surface area (Å²) in [7, 11) is 0. The largest absolute Gasteiger partial charge is 0.508 e. The van der Waals surface area contributed by atoms with Gasteiger partial charge in [-0.25, -0.2) is 0 Å². The molecule has 0 aliphatic carbocycles. The fraction of sp³-hybridized carbons (Fsp3) is 0.364. The molecule has 0 spiro atoms. The van der Waals surface area contributed by atoms with Gasteiger partial charge < -0.3 is 9.84 Å². The van der Waals surface area contributed by atoms with Gasteiger partial charge in [0.1, 0.15) is 5.76 Å². The van der Waals surface area contributed by atoms with Crippen molar-refractivity contribution in [1.29, 1.82) is 5.41 Å². The van der Waals surface area contributed by atoms with E-state index in [0.717, 1.165) is 0 Å². The number of aliphatic hydroxyl groups excluding tert-OH is 1. The summed E-state index contributed by atoms with van der Waals surface area (Å²) in [5.74, 6) is 0.114. The first kappa shape index (κ1) is 12.5. The van der Waals surface area contributed by atoms with Crippen molar-refractivity contribution in [3.63, 3.8) is 0 Å². The molecule has 14 heavy (non-hydrogen) atoms. The van der Waals surface area contributed by atoms with Crippen molar-refractivity contribution in [2.75, 3.05) is 6.61 Å². The molecule has 0 saturated heterocycles. The zero-order valence-corrected chi connectivity index (χ0v) is 8.92. The zero-order valence-electron chi connectivity index (χ0n) is 8.92. The Morgan fingerprint density at radius 1 is 1.57 bits per heavy atom. The molecule has 0 amide bonds. The summed E-state index contributed by atoms with van der Waals surface area (Å²) in [4.78, 5) is 0. The maximum absolute atomic E-state index is 9.48. The van der Waals surface area contributed by atoms with Crippen LogP contribution in [0, 0.1) is 5.41 Å². The van der Waals surface area contributed by atoms with Crippen LogP contribution in [0.5, 0.6) is 0 Å². The fourth-order valence-corrected chi connectivity index (χ4v) is 0.839. The van der Waals surface area contributed by atoms with Crippen LogP contribution in [-0.4, -0.2) is 17.6 Å². The highest BCUT2D eigenvalue weighted by atomic mass is 16.5. The Hall–Kier alpha value is -1.51. The standard InChI is InChI=1S/C11H17NO2/c1-5-7-10(13)8(3)9(4)11(12)14-6-2/h5,7,12-13H,4,6H2,1-3H3/b7-5-,10-8+,12-11?. The molecule has 0 rings (SSSR count). The number of hydrogen-bond acceptors (Lipinski definition) is 3. The number of rotatable bonds is 4. The predicted molar refractivity (Wildman–Crippen MR) is 58.6 cm³/mol. The molecule has 3 heteroatoms. The molecule has 0 radical (unpaired) electrons. The van der Waals surface area contributed by atoms with Gasteiger partial charge in [-0.3, -0.25) is 5.41 Å². The summed E-state index contributed by atoms with van der Waals surface area (Å²) in [5, 5.41) is 16.9. The van der Waals surface area contributed by atoms with E-state index in [1.807, 2.05) is 0 Å². The smallest absolute Gasteiger partial charge is 0.212 e. The van der Waals surface area contributed by atoms with Crippen molar-refractivity contribution in [1.82, 2.24) is 0 Å². The topological polar surface area (TPSA) is 53.3 Å². The summed E-state index contributed by atoms with van der Waals surface area (Å²) in [5.41, 5.74) is 0.962. The lowest BCUT2D eigenvalue weighted by Gasteiger charge is -2.09. The van der Waals surface area contributed by atoms with Crippen molar-refractivity contribution >= 4 is 5.90 Å². The monoisotopic (exact) mass is 195 g/mol. The molecule has 0 fully saturated rings. The van der Waals surface area contributed by atoms with Crippen LogP contribution in [0.2, 0.25) is 0 Å². The van der Waals surface area contributed by atoms with E-state index in [2.05, 4.69) is 6.58 Å². The van der Waals surface area contributed by atoms with Gasteiger partial charge in [-0.15, -0.1) is 0 Å². The summed E-state index contributed by atoms with van der Waals surface area (Å²) in [6.45, 7) is 9.40. The van der Waals surface area contributed by atoms with Crippen LogP contribution in [0.3, 0.4) is 0 Å². The van der Waals surface area contributed by atoms with Crippen LogP contribution in [0.1, 0.15) is 20.8 Å². The van der Waals surface area contributed by atoms with E-state index >= 15 is 0 Å². The molecule has 78 valence electrons. The van der Waals surface area contributed by atoms with E-state index in [9.17, 15) is 5.11 Å². The Kier molecular flexibility index (Phi) is 5.37. The number of aliphatic hydroxyl groups is 1. The van der Waals surface area contributed by atoms with Crippen LogP contribution in [-0.2, 0) is 4.74 Å². The molecule has 0 aromatic heterocycles. The van der Waals surface area contributed by atoms with Gasteiger partial charge >= 0.3 is 0 Å². The summed E-state index contributed by atoms with van der Waals surface area (Å²) >= 11 is 0. The van der Waals surface area contributed by atoms with Crippen LogP contribution in [0.25, 0.3) is 0 Å². The molecule has 0 unspecified atom stereocenters. The predicted octanol–water partition coefficient (Wildman–Crippen LogP) is 2.96. The quantitative estimate of drug-likeness (QED) is 0.313. The number of allylic oxidation sites excluding steroid dienone is 2. The molecule has 0 aromatic rings. The van der Waals surface area contributed by atoms with Crippen LogP contribution >= 0.6 is 0 Å². The molecular weight excluding hydrogens is 178 g/mol. The van der Waals surface area contributed by atoms with E-state index < -0.39 is 0 Å². The lowest BCUT2D eigenvalue weighted by Crippen LogP contribution is -2.07. The molecule has 0 atom stereocenters. The second-order valence-corrected chi connectivity index (χ2v) is 2.75. The highest BCUT2D eigenvalue weighted by molar-refractivity contribution is 5.94. The van der Waals surface area contributed by atoms with E-state index in [4.69, 9.17) is 10.1 Å². The van der Waals surface area contributed by atoms with Crippen molar-refractivity contribution in [2.45, 2.75) is 20.8 Å². The first-order valence-electron chi connectivity index (χ1n) is 4.48. The van der Waals surface area contributed by atoms with Gasteiger partial charge in [0.2, 0.25) is 5.90 Å². The number of ether oxygens (including phenoxy) is 1. The first-order chi connectivity index (χ1) is 6.54. The molecule has 0 saturated carbocycles. The third-order valence-electron chi connectivity index (χ3n) is 1.72. The normalized spacial score (nSPS) is 12.5. The van der Waals surface area contributed by atoms with E-state index in [-0.39, 0.29) is 11.7 Å². The molecular formula is C11H17NO2. The number of nitrogens with one attached hydrogen (secondary N) is 1.